The minimum Gasteiger partial charge on any atom is -0.756 e. The predicted octanol–water partition coefficient (Wildman–Crippen LogP) is 12.2. The van der Waals surface area contributed by atoms with Gasteiger partial charge in [0.2, 0.25) is 0 Å². The molecule has 0 amide bonds. The molecule has 53 heavy (non-hydrogen) atoms. The van der Waals surface area contributed by atoms with Crippen LogP contribution < -0.4 is 4.89 Å². The lowest BCUT2D eigenvalue weighted by Crippen LogP contribution is -2.37. The summed E-state index contributed by atoms with van der Waals surface area (Å²) < 4.78 is 34.5. The first-order valence-corrected chi connectivity index (χ1v) is 23.5. The maximum Gasteiger partial charge on any atom is 0.306 e. The number of esters is 1. The predicted molar refractivity (Wildman–Crippen MR) is 222 cm³/mol. The molecule has 2 atom stereocenters. The number of likely N-dealkylation sites (N-methyl/N-ethyl adjacent to an activating group) is 1. The third-order valence-electron chi connectivity index (χ3n) is 9.48. The van der Waals surface area contributed by atoms with Crippen LogP contribution in [0.1, 0.15) is 194 Å². The Morgan fingerprint density at radius 1 is 0.566 bits per heavy atom. The fraction of sp³-hybridized carbons (Fsp3) is 0.886. The fourth-order valence-corrected chi connectivity index (χ4v) is 6.72. The van der Waals surface area contributed by atoms with E-state index in [4.69, 9.17) is 18.5 Å². The van der Waals surface area contributed by atoms with Crippen molar-refractivity contribution < 1.29 is 37.3 Å². The first-order chi connectivity index (χ1) is 25.6. The Hall–Kier alpha value is -1.02. The Labute approximate surface area is 328 Å². The van der Waals surface area contributed by atoms with Gasteiger partial charge in [0.25, 0.3) is 7.82 Å². The summed E-state index contributed by atoms with van der Waals surface area (Å²) in [5.74, 6) is -0.338. The van der Waals surface area contributed by atoms with Gasteiger partial charge in [-0.25, -0.2) is 0 Å². The molecule has 2 unspecified atom stereocenters. The molecule has 0 aromatic carbocycles. The van der Waals surface area contributed by atoms with Crippen molar-refractivity contribution in [2.24, 2.45) is 0 Å². The number of phosphoric acid groups is 1. The van der Waals surface area contributed by atoms with E-state index in [0.717, 1.165) is 32.1 Å². The average Bonchev–Trinajstić information content (AvgIpc) is 3.11. The van der Waals surface area contributed by atoms with Crippen molar-refractivity contribution in [2.75, 3.05) is 54.1 Å². The van der Waals surface area contributed by atoms with Crippen LogP contribution >= 0.6 is 7.82 Å². The van der Waals surface area contributed by atoms with Crippen LogP contribution in [-0.4, -0.2) is 70.7 Å². The number of quaternary nitrogens is 1. The molecule has 0 aliphatic rings. The molecule has 0 aromatic rings. The number of nitrogens with zero attached hydrogens (tertiary/aromatic N) is 1. The van der Waals surface area contributed by atoms with E-state index >= 15 is 0 Å². The third kappa shape index (κ3) is 42.0. The number of carbonyl (C=O) groups is 1. The lowest BCUT2D eigenvalue weighted by Gasteiger charge is -2.28. The molecule has 0 saturated heterocycles. The summed E-state index contributed by atoms with van der Waals surface area (Å²) in [4.78, 5) is 25.0. The second kappa shape index (κ2) is 37.9. The molecule has 0 bridgehead atoms. The molecule has 8 nitrogen and oxygen atoms in total. The van der Waals surface area contributed by atoms with Gasteiger partial charge in [-0.3, -0.25) is 9.36 Å². The largest absolute Gasteiger partial charge is 0.756 e. The Balaban J connectivity index is 4.19. The normalized spacial score (nSPS) is 14.0. The third-order valence-corrected chi connectivity index (χ3v) is 10.4. The molecule has 0 aromatic heterocycles. The van der Waals surface area contributed by atoms with Crippen molar-refractivity contribution in [3.8, 4) is 0 Å². The molecule has 0 heterocycles. The van der Waals surface area contributed by atoms with E-state index in [2.05, 4.69) is 38.2 Å². The highest BCUT2D eigenvalue weighted by Crippen LogP contribution is 2.38. The van der Waals surface area contributed by atoms with Gasteiger partial charge in [-0.1, -0.05) is 154 Å². The number of phosphoric ester groups is 1. The number of hydrogen-bond acceptors (Lipinski definition) is 7. The maximum atomic E-state index is 12.7. The van der Waals surface area contributed by atoms with Gasteiger partial charge in [0.05, 0.1) is 34.4 Å². The fourth-order valence-electron chi connectivity index (χ4n) is 5.99. The number of carbonyl (C=O) groups excluding carboxylic acids is 1. The average molecular weight is 772 g/mol. The number of hydrogen-bond donors (Lipinski definition) is 0. The molecule has 0 rings (SSSR count). The van der Waals surface area contributed by atoms with Gasteiger partial charge in [-0.05, 0) is 57.8 Å². The molecule has 9 heteroatoms. The van der Waals surface area contributed by atoms with Gasteiger partial charge in [0.1, 0.15) is 19.3 Å². The number of unbranched alkanes of at least 4 members (excludes halogenated alkanes) is 23. The van der Waals surface area contributed by atoms with Crippen LogP contribution in [0.3, 0.4) is 0 Å². The van der Waals surface area contributed by atoms with Crippen LogP contribution in [-0.2, 0) is 27.9 Å². The van der Waals surface area contributed by atoms with Crippen molar-refractivity contribution in [3.63, 3.8) is 0 Å². The number of allylic oxidation sites excluding steroid dienone is 4. The molecule has 0 radical (unpaired) electrons. The van der Waals surface area contributed by atoms with E-state index < -0.39 is 13.9 Å². The minimum absolute atomic E-state index is 0.0257. The van der Waals surface area contributed by atoms with Crippen molar-refractivity contribution in [3.05, 3.63) is 24.3 Å². The maximum absolute atomic E-state index is 12.7. The Morgan fingerprint density at radius 2 is 1.00 bits per heavy atom. The Morgan fingerprint density at radius 3 is 1.49 bits per heavy atom. The van der Waals surface area contributed by atoms with E-state index in [-0.39, 0.29) is 25.8 Å². The van der Waals surface area contributed by atoms with Gasteiger partial charge in [-0.2, -0.15) is 0 Å². The van der Waals surface area contributed by atoms with Crippen molar-refractivity contribution in [1.29, 1.82) is 0 Å². The van der Waals surface area contributed by atoms with Crippen LogP contribution in [0, 0.1) is 0 Å². The van der Waals surface area contributed by atoms with Crippen molar-refractivity contribution in [2.45, 2.75) is 200 Å². The highest BCUT2D eigenvalue weighted by Gasteiger charge is 2.20. The van der Waals surface area contributed by atoms with E-state index in [0.29, 0.717) is 24.1 Å². The van der Waals surface area contributed by atoms with Crippen LogP contribution in [0.4, 0.5) is 0 Å². The SMILES string of the molecule is CCCC/C=C\CCCCCCCCOCC(COP(=O)([O-])OCC[N+](C)(C)C)OC(=O)CCCCCCCCCCC/C=C\CCCCCCCC. The van der Waals surface area contributed by atoms with E-state index in [9.17, 15) is 14.3 Å². The summed E-state index contributed by atoms with van der Waals surface area (Å²) in [6, 6.07) is 0. The molecular weight excluding hydrogens is 685 g/mol. The van der Waals surface area contributed by atoms with E-state index in [1.165, 1.54) is 141 Å². The molecule has 0 N–H and O–H groups in total. The van der Waals surface area contributed by atoms with Gasteiger partial charge in [-0.15, -0.1) is 0 Å². The molecule has 0 saturated carbocycles. The molecule has 0 aliphatic carbocycles. The Kier molecular flexibility index (Phi) is 37.2. The quantitative estimate of drug-likeness (QED) is 0.0201. The van der Waals surface area contributed by atoms with Crippen LogP contribution in [0.5, 0.6) is 0 Å². The standard InChI is InChI=1S/C44H86NO7P/c1-6-8-10-12-14-16-18-20-21-22-23-24-25-26-27-29-31-33-35-37-44(46)52-43(42-51-53(47,48)50-40-38-45(3,4)5)41-49-39-36-34-32-30-28-19-17-15-13-11-9-7-2/h13,15,20-21,43H,6-12,14,16-19,22-42H2,1-5H3/b15-13-,21-20-. The van der Waals surface area contributed by atoms with Crippen LogP contribution in [0.15, 0.2) is 24.3 Å². The highest BCUT2D eigenvalue weighted by molar-refractivity contribution is 7.45. The van der Waals surface area contributed by atoms with Gasteiger partial charge >= 0.3 is 5.97 Å². The summed E-state index contributed by atoms with van der Waals surface area (Å²) in [5.41, 5.74) is 0. The zero-order valence-electron chi connectivity index (χ0n) is 35.5. The topological polar surface area (TPSA) is 94.1 Å². The summed E-state index contributed by atoms with van der Waals surface area (Å²) in [6.07, 6.45) is 41.8. The molecule has 314 valence electrons. The van der Waals surface area contributed by atoms with Crippen molar-refractivity contribution in [1.82, 2.24) is 0 Å². The van der Waals surface area contributed by atoms with Crippen LogP contribution in [0.25, 0.3) is 0 Å². The highest BCUT2D eigenvalue weighted by atomic mass is 31.2. The molecular formula is C44H86NO7P. The molecule has 0 aliphatic heterocycles. The summed E-state index contributed by atoms with van der Waals surface area (Å²) in [5, 5.41) is 0. The second-order valence-electron chi connectivity index (χ2n) is 16.0. The minimum atomic E-state index is -4.52. The van der Waals surface area contributed by atoms with E-state index in [1.54, 1.807) is 0 Å². The zero-order chi connectivity index (χ0) is 39.1. The summed E-state index contributed by atoms with van der Waals surface area (Å²) in [6.45, 7) is 5.37. The van der Waals surface area contributed by atoms with Crippen LogP contribution in [0.2, 0.25) is 0 Å². The number of rotatable bonds is 41. The smallest absolute Gasteiger partial charge is 0.306 e. The first kappa shape index (κ1) is 52.0. The van der Waals surface area contributed by atoms with Gasteiger partial charge in [0.15, 0.2) is 0 Å². The molecule has 0 fully saturated rings. The van der Waals surface area contributed by atoms with E-state index in [1.807, 2.05) is 21.1 Å². The first-order valence-electron chi connectivity index (χ1n) is 22.1. The van der Waals surface area contributed by atoms with Crippen molar-refractivity contribution >= 4 is 13.8 Å². The van der Waals surface area contributed by atoms with Gasteiger partial charge in [0, 0.05) is 13.0 Å². The second-order valence-corrected chi connectivity index (χ2v) is 17.5. The van der Waals surface area contributed by atoms with Gasteiger partial charge < -0.3 is 27.9 Å². The monoisotopic (exact) mass is 772 g/mol. The summed E-state index contributed by atoms with van der Waals surface area (Å²) in [7, 11) is 1.35. The lowest BCUT2D eigenvalue weighted by atomic mass is 10.1. The zero-order valence-corrected chi connectivity index (χ0v) is 36.4. The Bertz CT molecular complexity index is 905. The number of ether oxygens (including phenoxy) is 2. The molecule has 0 spiro atoms. The lowest BCUT2D eigenvalue weighted by molar-refractivity contribution is -0.870. The summed E-state index contributed by atoms with van der Waals surface area (Å²) >= 11 is 0.